The van der Waals surface area contributed by atoms with Gasteiger partial charge in [0.25, 0.3) is 5.91 Å². The maximum atomic E-state index is 13.6. The number of carbonyl (C=O) groups is 4. The normalized spacial score (nSPS) is 26.7. The lowest BCUT2D eigenvalue weighted by atomic mass is 9.90. The van der Waals surface area contributed by atoms with Gasteiger partial charge in [0.1, 0.15) is 17.8 Å². The van der Waals surface area contributed by atoms with Crippen molar-refractivity contribution < 1.29 is 29.4 Å². The highest BCUT2D eigenvalue weighted by Gasteiger charge is 2.41. The highest BCUT2D eigenvalue weighted by Crippen LogP contribution is 2.20. The van der Waals surface area contributed by atoms with Crippen LogP contribution in [0.4, 0.5) is 0 Å². The Labute approximate surface area is 228 Å². The summed E-state index contributed by atoms with van der Waals surface area (Å²) >= 11 is 0. The van der Waals surface area contributed by atoms with E-state index in [1.807, 2.05) is 30.3 Å². The molecule has 1 aliphatic rings. The van der Waals surface area contributed by atoms with Gasteiger partial charge in [-0.15, -0.1) is 0 Å². The van der Waals surface area contributed by atoms with E-state index in [0.717, 1.165) is 5.56 Å². The van der Waals surface area contributed by atoms with Crippen LogP contribution >= 0.6 is 0 Å². The topological polar surface area (TPSA) is 161 Å². The molecule has 6 atom stereocenters. The number of aliphatic hydroxyl groups is 1. The van der Waals surface area contributed by atoms with Crippen LogP contribution in [-0.2, 0) is 20.8 Å². The fourth-order valence-corrected chi connectivity index (χ4v) is 4.87. The minimum atomic E-state index is -1.30. The maximum Gasteiger partial charge on any atom is 0.274 e. The van der Waals surface area contributed by atoms with E-state index in [1.165, 1.54) is 30.3 Å². The number of aliphatic hydroxyl groups excluding tert-OH is 1. The van der Waals surface area contributed by atoms with Gasteiger partial charge < -0.3 is 31.1 Å². The van der Waals surface area contributed by atoms with Crippen LogP contribution < -0.4 is 16.0 Å². The van der Waals surface area contributed by atoms with Crippen molar-refractivity contribution in [2.24, 2.45) is 11.8 Å². The summed E-state index contributed by atoms with van der Waals surface area (Å²) in [5.41, 5.74) is 0.539. The first-order valence-corrected chi connectivity index (χ1v) is 13.0. The van der Waals surface area contributed by atoms with Gasteiger partial charge in [-0.2, -0.15) is 0 Å². The molecule has 0 saturated carbocycles. The van der Waals surface area contributed by atoms with Crippen molar-refractivity contribution >= 4 is 23.6 Å². The average molecular weight is 540 g/mol. The van der Waals surface area contributed by atoms with Crippen LogP contribution in [0.2, 0.25) is 0 Å². The van der Waals surface area contributed by atoms with Crippen LogP contribution in [0.25, 0.3) is 0 Å². The molecule has 1 unspecified atom stereocenters. The number of aromatic nitrogens is 1. The first-order valence-electron chi connectivity index (χ1n) is 13.0. The van der Waals surface area contributed by atoms with Crippen LogP contribution in [0.15, 0.2) is 48.7 Å². The Morgan fingerprint density at radius 3 is 2.33 bits per heavy atom. The summed E-state index contributed by atoms with van der Waals surface area (Å²) in [5, 5.41) is 29.6. The molecule has 11 nitrogen and oxygen atoms in total. The number of aromatic hydroxyl groups is 1. The number of benzene rings is 1. The number of pyridine rings is 1. The van der Waals surface area contributed by atoms with Gasteiger partial charge in [-0.25, -0.2) is 4.98 Å². The highest BCUT2D eigenvalue weighted by atomic mass is 16.3. The third-order valence-corrected chi connectivity index (χ3v) is 7.05. The van der Waals surface area contributed by atoms with Crippen molar-refractivity contribution in [3.05, 3.63) is 59.9 Å². The molecule has 1 aliphatic heterocycles. The Morgan fingerprint density at radius 2 is 1.72 bits per heavy atom. The summed E-state index contributed by atoms with van der Waals surface area (Å²) in [7, 11) is 1.51. The Hall–Kier alpha value is -3.99. The summed E-state index contributed by atoms with van der Waals surface area (Å²) in [4.78, 5) is 58.6. The monoisotopic (exact) mass is 539 g/mol. The molecule has 0 aliphatic carbocycles. The molecular formula is C28H37N5O6. The van der Waals surface area contributed by atoms with Gasteiger partial charge >= 0.3 is 0 Å². The molecule has 0 spiro atoms. The second-order valence-corrected chi connectivity index (χ2v) is 10.3. The van der Waals surface area contributed by atoms with E-state index in [4.69, 9.17) is 0 Å². The second kappa shape index (κ2) is 12.7. The number of hydrogen-bond acceptors (Lipinski definition) is 7. The fourth-order valence-electron chi connectivity index (χ4n) is 4.87. The third kappa shape index (κ3) is 6.91. The minimum Gasteiger partial charge on any atom is -0.505 e. The van der Waals surface area contributed by atoms with E-state index in [1.54, 1.807) is 27.7 Å². The standard InChI is InChI=1S/C28H37N5O6/c1-15(2)23-27(38)30-17(4)21(32-26(37)22-20(34)12-9-13-29-22)25(36)31-19(14-18-10-7-6-8-11-18)24(35)16(3)28(39)33(23)5/h6-13,15-17,19,21,23-24,34-35H,14H2,1-5H3,(H,30,38)(H,31,36)(H,32,37)/t16-,17-,19+,21+,23?,24+/m1/s1. The fraction of sp³-hybridized carbons (Fsp3) is 0.464. The van der Waals surface area contributed by atoms with Crippen molar-refractivity contribution in [1.82, 2.24) is 25.8 Å². The van der Waals surface area contributed by atoms with E-state index in [0.29, 0.717) is 0 Å². The molecule has 5 N–H and O–H groups in total. The largest absolute Gasteiger partial charge is 0.505 e. The summed E-state index contributed by atoms with van der Waals surface area (Å²) in [6, 6.07) is 7.93. The molecule has 0 bridgehead atoms. The number of likely N-dealkylation sites (N-methyl/N-ethyl adjacent to an activating group) is 1. The quantitative estimate of drug-likeness (QED) is 0.372. The minimum absolute atomic E-state index is 0.213. The van der Waals surface area contributed by atoms with E-state index in [2.05, 4.69) is 20.9 Å². The summed E-state index contributed by atoms with van der Waals surface area (Å²) in [6.07, 6.45) is 0.241. The van der Waals surface area contributed by atoms with Gasteiger partial charge in [-0.1, -0.05) is 51.1 Å². The molecule has 4 amide bonds. The SMILES string of the molecule is CC(C)C1C(=O)N[C@H](C)[C@H](NC(=O)c2ncccc2O)C(=O)N[C@@H](Cc2ccccc2)[C@@H](O)[C@@H](C)C(=O)N1C. The Kier molecular flexibility index (Phi) is 9.63. The molecule has 1 aromatic carbocycles. The molecule has 0 radical (unpaired) electrons. The first-order chi connectivity index (χ1) is 18.4. The first kappa shape index (κ1) is 29.6. The van der Waals surface area contributed by atoms with E-state index in [9.17, 15) is 29.4 Å². The van der Waals surface area contributed by atoms with E-state index >= 15 is 0 Å². The second-order valence-electron chi connectivity index (χ2n) is 10.3. The number of nitrogens with one attached hydrogen (secondary N) is 3. The highest BCUT2D eigenvalue weighted by molar-refractivity contribution is 5.98. The van der Waals surface area contributed by atoms with Crippen LogP contribution in [-0.4, -0.2) is 81.0 Å². The number of hydrogen-bond donors (Lipinski definition) is 5. The average Bonchev–Trinajstić information content (AvgIpc) is 2.89. The molecular weight excluding hydrogens is 502 g/mol. The van der Waals surface area contributed by atoms with Gasteiger partial charge in [0.05, 0.1) is 24.1 Å². The Morgan fingerprint density at radius 1 is 1.05 bits per heavy atom. The van der Waals surface area contributed by atoms with Gasteiger partial charge in [-0.3, -0.25) is 19.2 Å². The number of rotatable bonds is 5. The molecule has 1 aromatic heterocycles. The number of carbonyl (C=O) groups excluding carboxylic acids is 4. The lowest BCUT2D eigenvalue weighted by molar-refractivity contribution is -0.147. The molecule has 210 valence electrons. The molecule has 1 saturated heterocycles. The van der Waals surface area contributed by atoms with Crippen molar-refractivity contribution in [2.75, 3.05) is 7.05 Å². The maximum absolute atomic E-state index is 13.6. The van der Waals surface area contributed by atoms with Gasteiger partial charge in [-0.05, 0) is 37.0 Å². The smallest absolute Gasteiger partial charge is 0.274 e. The van der Waals surface area contributed by atoms with Crippen molar-refractivity contribution in [2.45, 2.75) is 64.4 Å². The molecule has 1 fully saturated rings. The molecule has 39 heavy (non-hydrogen) atoms. The number of nitrogens with zero attached hydrogens (tertiary/aromatic N) is 2. The zero-order valence-corrected chi connectivity index (χ0v) is 22.8. The van der Waals surface area contributed by atoms with E-state index in [-0.39, 0.29) is 23.8 Å². The van der Waals surface area contributed by atoms with Crippen molar-refractivity contribution in [1.29, 1.82) is 0 Å². The lowest BCUT2D eigenvalue weighted by Crippen LogP contribution is -2.64. The van der Waals surface area contributed by atoms with Crippen molar-refractivity contribution in [3.8, 4) is 5.75 Å². The lowest BCUT2D eigenvalue weighted by Gasteiger charge is -2.38. The zero-order valence-electron chi connectivity index (χ0n) is 22.8. The summed E-state index contributed by atoms with van der Waals surface area (Å²) in [5.74, 6) is -4.05. The molecule has 2 aromatic rings. The predicted molar refractivity (Wildman–Crippen MR) is 143 cm³/mol. The third-order valence-electron chi connectivity index (χ3n) is 7.05. The molecule has 3 rings (SSSR count). The van der Waals surface area contributed by atoms with Gasteiger partial charge in [0.2, 0.25) is 17.7 Å². The van der Waals surface area contributed by atoms with Crippen LogP contribution in [0, 0.1) is 11.8 Å². The van der Waals surface area contributed by atoms with Gasteiger partial charge in [0, 0.05) is 13.2 Å². The van der Waals surface area contributed by atoms with Gasteiger partial charge in [0.15, 0.2) is 5.69 Å². The van der Waals surface area contributed by atoms with Crippen LogP contribution in [0.1, 0.15) is 43.7 Å². The summed E-state index contributed by atoms with van der Waals surface area (Å²) in [6.45, 7) is 6.69. The van der Waals surface area contributed by atoms with E-state index < -0.39 is 59.8 Å². The predicted octanol–water partition coefficient (Wildman–Crippen LogP) is 0.611. The Bertz CT molecular complexity index is 1190. The zero-order chi connectivity index (χ0) is 28.9. The Balaban J connectivity index is 2.03. The molecule has 11 heteroatoms. The summed E-state index contributed by atoms with van der Waals surface area (Å²) < 4.78 is 0. The van der Waals surface area contributed by atoms with Crippen LogP contribution in [0.5, 0.6) is 5.75 Å². The van der Waals surface area contributed by atoms with Crippen molar-refractivity contribution in [3.63, 3.8) is 0 Å². The molecule has 2 heterocycles. The van der Waals surface area contributed by atoms with Crippen LogP contribution in [0.3, 0.4) is 0 Å². The number of amides is 4.